The van der Waals surface area contributed by atoms with Crippen LogP contribution in [-0.2, 0) is 20.8 Å². The van der Waals surface area contributed by atoms with Gasteiger partial charge in [0.15, 0.2) is 6.10 Å². The van der Waals surface area contributed by atoms with Crippen LogP contribution in [0.4, 0.5) is 0 Å². The van der Waals surface area contributed by atoms with E-state index in [4.69, 9.17) is 0 Å². The maximum absolute atomic E-state index is 13.6. The molecule has 0 fully saturated rings. The van der Waals surface area contributed by atoms with E-state index < -0.39 is 24.1 Å². The highest BCUT2D eigenvalue weighted by Crippen LogP contribution is 2.29. The second kappa shape index (κ2) is 11.4. The molecule has 3 atom stereocenters. The van der Waals surface area contributed by atoms with Crippen molar-refractivity contribution in [2.24, 2.45) is 5.92 Å². The molecule has 0 saturated carbocycles. The number of aliphatic hydroxyl groups excluding tert-OH is 1. The third-order valence-corrected chi connectivity index (χ3v) is 5.90. The highest BCUT2D eigenvalue weighted by Gasteiger charge is 2.40. The lowest BCUT2D eigenvalue weighted by Gasteiger charge is -2.40. The average Bonchev–Trinajstić information content (AvgIpc) is 2.84. The van der Waals surface area contributed by atoms with Crippen molar-refractivity contribution in [2.45, 2.75) is 45.4 Å². The fourth-order valence-corrected chi connectivity index (χ4v) is 4.17. The topological polar surface area (TPSA) is 114 Å². The molecule has 3 rings (SSSR count). The summed E-state index contributed by atoms with van der Waals surface area (Å²) in [7, 11) is 0. The van der Waals surface area contributed by atoms with Gasteiger partial charge in [-0.15, -0.1) is 0 Å². The third kappa shape index (κ3) is 6.14. The molecule has 0 saturated heterocycles. The number of carbonyl (C=O) groups excluding carboxylic acids is 3. The highest BCUT2D eigenvalue weighted by atomic mass is 16.3. The highest BCUT2D eigenvalue weighted by molar-refractivity contribution is 5.99. The molecule has 2 unspecified atom stereocenters. The van der Waals surface area contributed by atoms with Crippen LogP contribution in [0.25, 0.3) is 5.70 Å². The molecule has 1 aliphatic heterocycles. The molecule has 0 spiro atoms. The van der Waals surface area contributed by atoms with Gasteiger partial charge in [0.05, 0.1) is 17.8 Å². The van der Waals surface area contributed by atoms with E-state index in [1.165, 1.54) is 16.7 Å². The van der Waals surface area contributed by atoms with Crippen LogP contribution in [0, 0.1) is 17.2 Å². The maximum Gasteiger partial charge on any atom is 0.250 e. The second-order valence-corrected chi connectivity index (χ2v) is 8.86. The number of nitriles is 1. The molecule has 182 valence electrons. The zero-order valence-corrected chi connectivity index (χ0v) is 20.1. The third-order valence-electron chi connectivity index (χ3n) is 5.90. The average molecular weight is 475 g/mol. The molecule has 2 aromatic carbocycles. The van der Waals surface area contributed by atoms with Crippen molar-refractivity contribution in [1.82, 2.24) is 15.1 Å². The van der Waals surface area contributed by atoms with Gasteiger partial charge in [0.2, 0.25) is 11.8 Å². The Hall–Kier alpha value is -3.96. The van der Waals surface area contributed by atoms with Gasteiger partial charge in [-0.2, -0.15) is 5.26 Å². The van der Waals surface area contributed by atoms with Gasteiger partial charge in [0.1, 0.15) is 12.6 Å². The molecule has 1 heterocycles. The molecule has 1 aliphatic rings. The molecule has 3 amide bonds. The number of benzene rings is 2. The first kappa shape index (κ1) is 25.7. The lowest BCUT2D eigenvalue weighted by atomic mass is 9.97. The summed E-state index contributed by atoms with van der Waals surface area (Å²) in [5.74, 6) is -1.34. The van der Waals surface area contributed by atoms with Gasteiger partial charge >= 0.3 is 0 Å². The maximum atomic E-state index is 13.6. The zero-order valence-electron chi connectivity index (χ0n) is 20.1. The first-order chi connectivity index (χ1) is 16.7. The molecule has 0 radical (unpaired) electrons. The minimum Gasteiger partial charge on any atom is -0.376 e. The molecule has 2 N–H and O–H groups in total. The summed E-state index contributed by atoms with van der Waals surface area (Å²) in [6, 6.07) is 18.5. The number of rotatable bonds is 8. The van der Waals surface area contributed by atoms with Crippen molar-refractivity contribution in [3.05, 3.63) is 78.0 Å². The van der Waals surface area contributed by atoms with Crippen LogP contribution in [0.3, 0.4) is 0 Å². The quantitative estimate of drug-likeness (QED) is 0.570. The SMILES string of the molecule is CC(=O)N1C=C(c2ccccc2)N(CC(=O)N[C@@H](Cc2ccccc2)C(O)C#N)C(=O)C1C(C)C. The summed E-state index contributed by atoms with van der Waals surface area (Å²) in [6.45, 7) is 4.77. The Morgan fingerprint density at radius 2 is 1.69 bits per heavy atom. The Labute approximate surface area is 205 Å². The fraction of sp³-hybridized carbons (Fsp3) is 0.333. The monoisotopic (exact) mass is 474 g/mol. The Morgan fingerprint density at radius 1 is 1.09 bits per heavy atom. The predicted molar refractivity (Wildman–Crippen MR) is 131 cm³/mol. The second-order valence-electron chi connectivity index (χ2n) is 8.86. The summed E-state index contributed by atoms with van der Waals surface area (Å²) in [5.41, 5.74) is 1.96. The Bertz CT molecular complexity index is 1120. The molecule has 35 heavy (non-hydrogen) atoms. The first-order valence-electron chi connectivity index (χ1n) is 11.5. The Morgan fingerprint density at radius 3 is 2.23 bits per heavy atom. The Kier molecular flexibility index (Phi) is 8.39. The van der Waals surface area contributed by atoms with E-state index in [0.717, 1.165) is 5.56 Å². The van der Waals surface area contributed by atoms with E-state index in [-0.39, 0.29) is 30.7 Å². The summed E-state index contributed by atoms with van der Waals surface area (Å²) >= 11 is 0. The van der Waals surface area contributed by atoms with E-state index in [2.05, 4.69) is 5.32 Å². The first-order valence-corrected chi connectivity index (χ1v) is 11.5. The van der Waals surface area contributed by atoms with Gasteiger partial charge in [-0.25, -0.2) is 0 Å². The van der Waals surface area contributed by atoms with Gasteiger partial charge in [-0.1, -0.05) is 74.5 Å². The lowest BCUT2D eigenvalue weighted by Crippen LogP contribution is -2.56. The van der Waals surface area contributed by atoms with Crippen molar-refractivity contribution < 1.29 is 19.5 Å². The van der Waals surface area contributed by atoms with Gasteiger partial charge in [-0.3, -0.25) is 19.3 Å². The number of carbonyl (C=O) groups is 3. The number of aliphatic hydroxyl groups is 1. The van der Waals surface area contributed by atoms with Crippen molar-refractivity contribution in [3.8, 4) is 6.07 Å². The molecule has 0 aromatic heterocycles. The van der Waals surface area contributed by atoms with E-state index in [0.29, 0.717) is 11.3 Å². The minimum atomic E-state index is -1.42. The molecular formula is C27H30N4O4. The van der Waals surface area contributed by atoms with Crippen molar-refractivity contribution in [3.63, 3.8) is 0 Å². The predicted octanol–water partition coefficient (Wildman–Crippen LogP) is 2.31. The standard InChI is InChI=1S/C27H30N4O4/c1-18(2)26-27(35)31(23(16-30(26)19(3)32)21-12-8-5-9-13-21)17-25(34)29-22(24(33)15-28)14-20-10-6-4-7-11-20/h4-13,16,18,22,24,26,33H,14,17H2,1-3H3,(H,29,34)/t22-,24?,26?/m0/s1. The van der Waals surface area contributed by atoms with Crippen LogP contribution in [0.15, 0.2) is 66.9 Å². The summed E-state index contributed by atoms with van der Waals surface area (Å²) < 4.78 is 0. The van der Waals surface area contributed by atoms with E-state index >= 15 is 0 Å². The number of nitrogens with zero attached hydrogens (tertiary/aromatic N) is 3. The molecule has 8 heteroatoms. The van der Waals surface area contributed by atoms with E-state index in [1.807, 2.05) is 62.4 Å². The van der Waals surface area contributed by atoms with Gasteiger partial charge < -0.3 is 15.3 Å². The van der Waals surface area contributed by atoms with Crippen LogP contribution < -0.4 is 5.32 Å². The van der Waals surface area contributed by atoms with Crippen LogP contribution in [0.1, 0.15) is 31.9 Å². The molecule has 0 aliphatic carbocycles. The smallest absolute Gasteiger partial charge is 0.250 e. The van der Waals surface area contributed by atoms with Crippen molar-refractivity contribution in [2.75, 3.05) is 6.54 Å². The minimum absolute atomic E-state index is 0.184. The number of hydrogen-bond acceptors (Lipinski definition) is 5. The van der Waals surface area contributed by atoms with Crippen molar-refractivity contribution >= 4 is 23.4 Å². The van der Waals surface area contributed by atoms with Crippen LogP contribution in [0.2, 0.25) is 0 Å². The normalized spacial score (nSPS) is 17.4. The van der Waals surface area contributed by atoms with Gasteiger partial charge in [-0.05, 0) is 23.5 Å². The lowest BCUT2D eigenvalue weighted by molar-refractivity contribution is -0.144. The van der Waals surface area contributed by atoms with Crippen LogP contribution in [0.5, 0.6) is 0 Å². The molecular weight excluding hydrogens is 444 g/mol. The summed E-state index contributed by atoms with van der Waals surface area (Å²) in [6.07, 6.45) is 0.448. The van der Waals surface area contributed by atoms with Crippen LogP contribution >= 0.6 is 0 Å². The number of hydrogen-bond donors (Lipinski definition) is 2. The van der Waals surface area contributed by atoms with E-state index in [9.17, 15) is 24.8 Å². The van der Waals surface area contributed by atoms with Crippen molar-refractivity contribution in [1.29, 1.82) is 5.26 Å². The summed E-state index contributed by atoms with van der Waals surface area (Å²) in [5, 5.41) is 22.2. The van der Waals surface area contributed by atoms with Gasteiger partial charge in [0, 0.05) is 13.1 Å². The summed E-state index contributed by atoms with van der Waals surface area (Å²) in [4.78, 5) is 41.8. The van der Waals surface area contributed by atoms with Crippen LogP contribution in [-0.4, -0.2) is 57.4 Å². The Balaban J connectivity index is 1.90. The molecule has 2 aromatic rings. The van der Waals surface area contributed by atoms with E-state index in [1.54, 1.807) is 24.4 Å². The molecule has 8 nitrogen and oxygen atoms in total. The number of nitrogens with one attached hydrogen (secondary N) is 1. The molecule has 0 bridgehead atoms. The largest absolute Gasteiger partial charge is 0.376 e. The van der Waals surface area contributed by atoms with Gasteiger partial charge in [0.25, 0.3) is 5.91 Å². The zero-order chi connectivity index (χ0) is 25.5. The number of amides is 3. The fourth-order valence-electron chi connectivity index (χ4n) is 4.17.